The van der Waals surface area contributed by atoms with Crippen molar-refractivity contribution in [1.82, 2.24) is 9.36 Å². The zero-order chi connectivity index (χ0) is 11.1. The highest BCUT2D eigenvalue weighted by Gasteiger charge is 2.48. The lowest BCUT2D eigenvalue weighted by molar-refractivity contribution is -0.139. The van der Waals surface area contributed by atoms with Gasteiger partial charge in [-0.25, -0.2) is 9.78 Å². The predicted molar refractivity (Wildman–Crippen MR) is 59.5 cm³/mol. The fraction of sp³-hybridized carbons (Fsp3) is 0.700. The van der Waals surface area contributed by atoms with E-state index < -0.39 is 5.97 Å². The van der Waals surface area contributed by atoms with E-state index in [1.54, 1.807) is 0 Å². The van der Waals surface area contributed by atoms with E-state index in [1.807, 2.05) is 4.90 Å². The van der Waals surface area contributed by atoms with Crippen molar-refractivity contribution in [2.75, 3.05) is 11.4 Å². The summed E-state index contributed by atoms with van der Waals surface area (Å²) in [7, 11) is 0. The van der Waals surface area contributed by atoms with Gasteiger partial charge in [0.25, 0.3) is 0 Å². The van der Waals surface area contributed by atoms with Gasteiger partial charge in [-0.05, 0) is 24.7 Å². The zero-order valence-electron chi connectivity index (χ0n) is 8.74. The van der Waals surface area contributed by atoms with Crippen LogP contribution in [0.25, 0.3) is 0 Å². The average molecular weight is 239 g/mol. The molecular weight excluding hydrogens is 226 g/mol. The molecule has 2 aliphatic rings. The Hall–Kier alpha value is -1.17. The summed E-state index contributed by atoms with van der Waals surface area (Å²) >= 11 is 1.28. The molecule has 1 aromatic rings. The minimum Gasteiger partial charge on any atom is -0.480 e. The summed E-state index contributed by atoms with van der Waals surface area (Å²) in [5.41, 5.74) is 0. The molecule has 3 atom stereocenters. The van der Waals surface area contributed by atoms with Crippen molar-refractivity contribution in [3.05, 3.63) is 6.33 Å². The van der Waals surface area contributed by atoms with Crippen LogP contribution >= 0.6 is 11.5 Å². The number of carboxylic acids is 1. The SMILES string of the molecule is O=C(O)C1C2CCCC2CN1c1ncns1. The third-order valence-corrected chi connectivity index (χ3v) is 4.44. The van der Waals surface area contributed by atoms with E-state index >= 15 is 0 Å². The summed E-state index contributed by atoms with van der Waals surface area (Å²) in [6, 6.07) is -0.388. The van der Waals surface area contributed by atoms with E-state index in [-0.39, 0.29) is 6.04 Å². The molecule has 1 aliphatic heterocycles. The Morgan fingerprint density at radius 3 is 3.12 bits per heavy atom. The van der Waals surface area contributed by atoms with E-state index in [4.69, 9.17) is 0 Å². The van der Waals surface area contributed by atoms with Gasteiger partial charge in [-0.3, -0.25) is 0 Å². The van der Waals surface area contributed by atoms with Crippen LogP contribution in [-0.2, 0) is 4.79 Å². The molecule has 0 aromatic carbocycles. The lowest BCUT2D eigenvalue weighted by Crippen LogP contribution is -2.39. The van der Waals surface area contributed by atoms with Gasteiger partial charge in [-0.1, -0.05) is 6.42 Å². The quantitative estimate of drug-likeness (QED) is 0.840. The maximum Gasteiger partial charge on any atom is 0.326 e. The molecule has 1 aromatic heterocycles. The van der Waals surface area contributed by atoms with Crippen LogP contribution in [0.15, 0.2) is 6.33 Å². The molecular formula is C10H13N3O2S. The van der Waals surface area contributed by atoms with Crippen LogP contribution in [0.3, 0.4) is 0 Å². The average Bonchev–Trinajstić information content (AvgIpc) is 2.92. The predicted octanol–water partition coefficient (Wildman–Crippen LogP) is 1.23. The number of hydrogen-bond acceptors (Lipinski definition) is 5. The minimum atomic E-state index is -0.718. The van der Waals surface area contributed by atoms with Crippen LogP contribution in [0, 0.1) is 11.8 Å². The van der Waals surface area contributed by atoms with Gasteiger partial charge >= 0.3 is 5.97 Å². The number of carbonyl (C=O) groups is 1. The van der Waals surface area contributed by atoms with Gasteiger partial charge in [0, 0.05) is 18.1 Å². The summed E-state index contributed by atoms with van der Waals surface area (Å²) in [5, 5.41) is 10.1. The molecule has 2 fully saturated rings. The second kappa shape index (κ2) is 3.69. The van der Waals surface area contributed by atoms with Gasteiger partial charge in [0.15, 0.2) is 0 Å². The van der Waals surface area contributed by atoms with Crippen LogP contribution in [-0.4, -0.2) is 33.0 Å². The van der Waals surface area contributed by atoms with E-state index in [2.05, 4.69) is 9.36 Å². The highest BCUT2D eigenvalue weighted by molar-refractivity contribution is 7.09. The number of rotatable bonds is 2. The molecule has 1 N–H and O–H groups in total. The van der Waals surface area contributed by atoms with Crippen molar-refractivity contribution < 1.29 is 9.90 Å². The molecule has 0 radical (unpaired) electrons. The van der Waals surface area contributed by atoms with Crippen LogP contribution < -0.4 is 4.90 Å². The Morgan fingerprint density at radius 2 is 2.44 bits per heavy atom. The third-order valence-electron chi connectivity index (χ3n) is 3.74. The molecule has 6 heteroatoms. The molecule has 2 heterocycles. The van der Waals surface area contributed by atoms with Gasteiger partial charge in [0.1, 0.15) is 12.4 Å². The number of fused-ring (bicyclic) bond motifs is 1. The van der Waals surface area contributed by atoms with Crippen molar-refractivity contribution in [3.63, 3.8) is 0 Å². The van der Waals surface area contributed by atoms with Crippen molar-refractivity contribution in [1.29, 1.82) is 0 Å². The van der Waals surface area contributed by atoms with E-state index in [0.717, 1.165) is 24.5 Å². The fourth-order valence-corrected chi connectivity index (χ4v) is 3.69. The number of aliphatic carboxylic acids is 1. The molecule has 1 saturated heterocycles. The number of anilines is 1. The standard InChI is InChI=1S/C10H13N3O2S/c14-9(15)8-7-3-1-2-6(7)4-13(8)10-11-5-12-16-10/h5-8H,1-4H2,(H,14,15). The third kappa shape index (κ3) is 1.40. The molecule has 86 valence electrons. The molecule has 0 amide bonds. The van der Waals surface area contributed by atoms with Gasteiger partial charge in [0.2, 0.25) is 5.13 Å². The maximum atomic E-state index is 11.4. The monoisotopic (exact) mass is 239 g/mol. The summed E-state index contributed by atoms with van der Waals surface area (Å²) in [4.78, 5) is 17.4. The normalized spacial score (nSPS) is 33.0. The van der Waals surface area contributed by atoms with Crippen molar-refractivity contribution >= 4 is 22.6 Å². The Labute approximate surface area is 97.3 Å². The summed E-state index contributed by atoms with van der Waals surface area (Å²) < 4.78 is 3.95. The number of nitrogens with zero attached hydrogens (tertiary/aromatic N) is 3. The van der Waals surface area contributed by atoms with Crippen LogP contribution in [0.1, 0.15) is 19.3 Å². The molecule has 16 heavy (non-hydrogen) atoms. The lowest BCUT2D eigenvalue weighted by Gasteiger charge is -2.22. The number of aromatic nitrogens is 2. The summed E-state index contributed by atoms with van der Waals surface area (Å²) in [6.07, 6.45) is 4.86. The first-order chi connectivity index (χ1) is 7.77. The van der Waals surface area contributed by atoms with Crippen LogP contribution in [0.5, 0.6) is 0 Å². The maximum absolute atomic E-state index is 11.4. The van der Waals surface area contributed by atoms with Crippen LogP contribution in [0.4, 0.5) is 5.13 Å². The molecule has 0 spiro atoms. The second-order valence-electron chi connectivity index (χ2n) is 4.51. The van der Waals surface area contributed by atoms with E-state index in [1.165, 1.54) is 24.3 Å². The molecule has 3 unspecified atom stereocenters. The fourth-order valence-electron chi connectivity index (χ4n) is 3.11. The summed E-state index contributed by atoms with van der Waals surface area (Å²) in [6.45, 7) is 0.830. The smallest absolute Gasteiger partial charge is 0.326 e. The topological polar surface area (TPSA) is 66.3 Å². The molecule has 1 saturated carbocycles. The second-order valence-corrected chi connectivity index (χ2v) is 5.27. The van der Waals surface area contributed by atoms with Gasteiger partial charge in [-0.2, -0.15) is 4.37 Å². The van der Waals surface area contributed by atoms with Crippen LogP contribution in [0.2, 0.25) is 0 Å². The van der Waals surface area contributed by atoms with Crippen molar-refractivity contribution in [2.45, 2.75) is 25.3 Å². The largest absolute Gasteiger partial charge is 0.480 e. The molecule has 0 bridgehead atoms. The Morgan fingerprint density at radius 1 is 1.56 bits per heavy atom. The first-order valence-corrected chi connectivity index (χ1v) is 6.31. The van der Waals surface area contributed by atoms with E-state index in [9.17, 15) is 9.90 Å². The minimum absolute atomic E-state index is 0.307. The molecule has 5 nitrogen and oxygen atoms in total. The van der Waals surface area contributed by atoms with E-state index in [0.29, 0.717) is 11.8 Å². The first-order valence-electron chi connectivity index (χ1n) is 5.53. The highest BCUT2D eigenvalue weighted by atomic mass is 32.1. The first kappa shape index (κ1) is 10.0. The number of carboxylic acid groups (broad SMARTS) is 1. The Kier molecular flexibility index (Phi) is 2.31. The van der Waals surface area contributed by atoms with Gasteiger partial charge in [-0.15, -0.1) is 0 Å². The lowest BCUT2D eigenvalue weighted by atomic mass is 9.94. The Bertz CT molecular complexity index is 395. The zero-order valence-corrected chi connectivity index (χ0v) is 9.56. The van der Waals surface area contributed by atoms with Crippen molar-refractivity contribution in [2.24, 2.45) is 11.8 Å². The number of hydrogen-bond donors (Lipinski definition) is 1. The summed E-state index contributed by atoms with van der Waals surface area (Å²) in [5.74, 6) is 0.121. The van der Waals surface area contributed by atoms with Crippen molar-refractivity contribution in [3.8, 4) is 0 Å². The van der Waals surface area contributed by atoms with Gasteiger partial charge in [0.05, 0.1) is 0 Å². The Balaban J connectivity index is 1.91. The highest BCUT2D eigenvalue weighted by Crippen LogP contribution is 2.44. The molecule has 3 rings (SSSR count). The molecule has 1 aliphatic carbocycles. The van der Waals surface area contributed by atoms with Gasteiger partial charge < -0.3 is 10.0 Å².